The van der Waals surface area contributed by atoms with E-state index in [0.717, 1.165) is 18.6 Å². The molecule has 0 aromatic carbocycles. The van der Waals surface area contributed by atoms with Crippen LogP contribution in [-0.4, -0.2) is 12.6 Å². The van der Waals surface area contributed by atoms with Gasteiger partial charge >= 0.3 is 5.97 Å². The predicted molar refractivity (Wildman–Crippen MR) is 52.8 cm³/mol. The van der Waals surface area contributed by atoms with Gasteiger partial charge in [-0.3, -0.25) is 0 Å². The van der Waals surface area contributed by atoms with Crippen molar-refractivity contribution in [3.05, 3.63) is 36.3 Å². The highest BCUT2D eigenvalue weighted by atomic mass is 16.5. The van der Waals surface area contributed by atoms with Crippen LogP contribution >= 0.6 is 0 Å². The molecule has 0 radical (unpaired) electrons. The summed E-state index contributed by atoms with van der Waals surface area (Å²) in [6, 6.07) is 3.75. The largest absolute Gasteiger partial charge is 0.469 e. The van der Waals surface area contributed by atoms with Crippen molar-refractivity contribution in [2.45, 2.75) is 19.8 Å². The first-order valence-corrected chi connectivity index (χ1v) is 4.55. The Balaban J connectivity index is 2.11. The van der Waals surface area contributed by atoms with E-state index in [0.29, 0.717) is 12.2 Å². The van der Waals surface area contributed by atoms with Gasteiger partial charge in [-0.25, -0.2) is 4.79 Å². The lowest BCUT2D eigenvalue weighted by Crippen LogP contribution is -2.06. The maximum atomic E-state index is 11.0. The first-order valence-electron chi connectivity index (χ1n) is 4.55. The number of carbonyl (C=O) groups excluding carboxylic acids is 1. The SMILES string of the molecule is C=C(C)C(=O)OCCCc1ccco1. The summed E-state index contributed by atoms with van der Waals surface area (Å²) in [6.45, 7) is 5.53. The van der Waals surface area contributed by atoms with Crippen LogP contribution in [0.2, 0.25) is 0 Å². The van der Waals surface area contributed by atoms with Crippen molar-refractivity contribution >= 4 is 5.97 Å². The van der Waals surface area contributed by atoms with E-state index >= 15 is 0 Å². The molecule has 3 heteroatoms. The smallest absolute Gasteiger partial charge is 0.333 e. The molecule has 1 aromatic rings. The normalized spacial score (nSPS) is 9.79. The zero-order valence-electron chi connectivity index (χ0n) is 8.29. The molecule has 0 aliphatic carbocycles. The van der Waals surface area contributed by atoms with Crippen LogP contribution in [0, 0.1) is 0 Å². The standard InChI is InChI=1S/C11H14O3/c1-9(2)11(12)14-8-4-6-10-5-3-7-13-10/h3,5,7H,1,4,6,8H2,2H3. The quantitative estimate of drug-likeness (QED) is 0.410. The van der Waals surface area contributed by atoms with Crippen molar-refractivity contribution in [2.24, 2.45) is 0 Å². The second-order valence-corrected chi connectivity index (χ2v) is 3.10. The second kappa shape index (κ2) is 5.27. The van der Waals surface area contributed by atoms with Crippen molar-refractivity contribution in [1.82, 2.24) is 0 Å². The molecule has 3 nitrogen and oxygen atoms in total. The molecule has 0 amide bonds. The maximum Gasteiger partial charge on any atom is 0.333 e. The summed E-state index contributed by atoms with van der Waals surface area (Å²) in [5, 5.41) is 0. The topological polar surface area (TPSA) is 39.4 Å². The minimum atomic E-state index is -0.329. The zero-order valence-corrected chi connectivity index (χ0v) is 8.29. The van der Waals surface area contributed by atoms with Gasteiger partial charge in [0.15, 0.2) is 0 Å². The van der Waals surface area contributed by atoms with Crippen molar-refractivity contribution in [1.29, 1.82) is 0 Å². The number of ether oxygens (including phenoxy) is 1. The molecule has 0 bridgehead atoms. The molecular formula is C11H14O3. The van der Waals surface area contributed by atoms with E-state index in [1.165, 1.54) is 0 Å². The van der Waals surface area contributed by atoms with Crippen molar-refractivity contribution in [3.63, 3.8) is 0 Å². The van der Waals surface area contributed by atoms with Crippen LogP contribution in [0.3, 0.4) is 0 Å². The molecule has 0 fully saturated rings. The van der Waals surface area contributed by atoms with Crippen LogP contribution in [0.1, 0.15) is 19.1 Å². The summed E-state index contributed by atoms with van der Waals surface area (Å²) < 4.78 is 10.1. The van der Waals surface area contributed by atoms with Gasteiger partial charge in [-0.15, -0.1) is 0 Å². The first-order chi connectivity index (χ1) is 6.70. The second-order valence-electron chi connectivity index (χ2n) is 3.10. The van der Waals surface area contributed by atoms with E-state index in [-0.39, 0.29) is 5.97 Å². The summed E-state index contributed by atoms with van der Waals surface area (Å²) in [6.07, 6.45) is 3.19. The van der Waals surface area contributed by atoms with E-state index in [1.54, 1.807) is 13.2 Å². The third-order valence-electron chi connectivity index (χ3n) is 1.73. The fraction of sp³-hybridized carbons (Fsp3) is 0.364. The monoisotopic (exact) mass is 194 g/mol. The Hall–Kier alpha value is -1.51. The van der Waals surface area contributed by atoms with Gasteiger partial charge in [0, 0.05) is 12.0 Å². The van der Waals surface area contributed by atoms with Gasteiger partial charge in [0.05, 0.1) is 12.9 Å². The van der Waals surface area contributed by atoms with Crippen LogP contribution in [0.25, 0.3) is 0 Å². The number of hydrogen-bond donors (Lipinski definition) is 0. The molecule has 1 heterocycles. The summed E-state index contributed by atoms with van der Waals surface area (Å²) >= 11 is 0. The Morgan fingerprint density at radius 1 is 1.64 bits per heavy atom. The Bertz CT molecular complexity index is 298. The van der Waals surface area contributed by atoms with Gasteiger partial charge in [0.2, 0.25) is 0 Å². The van der Waals surface area contributed by atoms with Gasteiger partial charge in [0.25, 0.3) is 0 Å². The molecule has 0 unspecified atom stereocenters. The highest BCUT2D eigenvalue weighted by molar-refractivity contribution is 5.86. The fourth-order valence-electron chi connectivity index (χ4n) is 0.989. The molecule has 14 heavy (non-hydrogen) atoms. The third-order valence-corrected chi connectivity index (χ3v) is 1.73. The van der Waals surface area contributed by atoms with Crippen molar-refractivity contribution in [2.75, 3.05) is 6.61 Å². The fourth-order valence-corrected chi connectivity index (χ4v) is 0.989. The lowest BCUT2D eigenvalue weighted by atomic mass is 10.2. The first kappa shape index (κ1) is 10.6. The molecule has 0 N–H and O–H groups in total. The molecular weight excluding hydrogens is 180 g/mol. The molecule has 1 rings (SSSR count). The van der Waals surface area contributed by atoms with Crippen molar-refractivity contribution in [3.8, 4) is 0 Å². The molecule has 0 atom stereocenters. The Kier molecular flexibility index (Phi) is 3.98. The van der Waals surface area contributed by atoms with E-state index in [1.807, 2.05) is 12.1 Å². The van der Waals surface area contributed by atoms with Crippen LogP contribution < -0.4 is 0 Å². The minimum absolute atomic E-state index is 0.329. The van der Waals surface area contributed by atoms with E-state index in [4.69, 9.17) is 9.15 Å². The lowest BCUT2D eigenvalue weighted by Gasteiger charge is -2.02. The van der Waals surface area contributed by atoms with Gasteiger partial charge in [-0.2, -0.15) is 0 Å². The number of hydrogen-bond acceptors (Lipinski definition) is 3. The van der Waals surface area contributed by atoms with Gasteiger partial charge in [-0.1, -0.05) is 6.58 Å². The Morgan fingerprint density at radius 2 is 2.43 bits per heavy atom. The maximum absolute atomic E-state index is 11.0. The van der Waals surface area contributed by atoms with Crippen LogP contribution in [-0.2, 0) is 16.0 Å². The summed E-state index contributed by atoms with van der Waals surface area (Å²) in [5.41, 5.74) is 0.433. The molecule has 0 saturated carbocycles. The van der Waals surface area contributed by atoms with E-state index in [2.05, 4.69) is 6.58 Å². The van der Waals surface area contributed by atoms with Crippen LogP contribution in [0.4, 0.5) is 0 Å². The number of carbonyl (C=O) groups is 1. The lowest BCUT2D eigenvalue weighted by molar-refractivity contribution is -0.139. The highest BCUT2D eigenvalue weighted by Gasteiger charge is 2.02. The number of esters is 1. The molecule has 0 aliphatic rings. The number of aryl methyl sites for hydroxylation is 1. The predicted octanol–water partition coefficient (Wildman–Crippen LogP) is 2.33. The summed E-state index contributed by atoms with van der Waals surface area (Å²) in [5.74, 6) is 0.584. The van der Waals surface area contributed by atoms with Crippen LogP contribution in [0.5, 0.6) is 0 Å². The average Bonchev–Trinajstić information content (AvgIpc) is 2.64. The summed E-state index contributed by atoms with van der Waals surface area (Å²) in [7, 11) is 0. The van der Waals surface area contributed by atoms with Crippen molar-refractivity contribution < 1.29 is 13.9 Å². The Labute approximate surface area is 83.4 Å². The van der Waals surface area contributed by atoms with Gasteiger partial charge in [-0.05, 0) is 25.5 Å². The van der Waals surface area contributed by atoms with Gasteiger partial charge in [0.1, 0.15) is 5.76 Å². The van der Waals surface area contributed by atoms with Gasteiger partial charge < -0.3 is 9.15 Å². The average molecular weight is 194 g/mol. The molecule has 0 spiro atoms. The minimum Gasteiger partial charge on any atom is -0.469 e. The third kappa shape index (κ3) is 3.47. The Morgan fingerprint density at radius 3 is 3.00 bits per heavy atom. The van der Waals surface area contributed by atoms with Crippen LogP contribution in [0.15, 0.2) is 35.0 Å². The molecule has 0 aliphatic heterocycles. The zero-order chi connectivity index (χ0) is 10.4. The number of rotatable bonds is 5. The van der Waals surface area contributed by atoms with E-state index in [9.17, 15) is 4.79 Å². The molecule has 1 aromatic heterocycles. The highest BCUT2D eigenvalue weighted by Crippen LogP contribution is 2.04. The molecule has 0 saturated heterocycles. The van der Waals surface area contributed by atoms with E-state index < -0.39 is 0 Å². The number of furan rings is 1. The summed E-state index contributed by atoms with van der Waals surface area (Å²) in [4.78, 5) is 11.0. The molecule has 76 valence electrons.